The summed E-state index contributed by atoms with van der Waals surface area (Å²) >= 11 is 0. The first-order valence-electron chi connectivity index (χ1n) is 14.4. The largest absolute Gasteiger partial charge is 0.495 e. The van der Waals surface area contributed by atoms with Crippen LogP contribution in [0.25, 0.3) is 16.7 Å². The number of carbonyl (C=O) groups excluding carboxylic acids is 1. The Morgan fingerprint density at radius 3 is 2.51 bits per heavy atom. The number of methoxy groups -OCH3 is 1. The number of allylic oxidation sites excluding steroid dienone is 1. The summed E-state index contributed by atoms with van der Waals surface area (Å²) in [6.45, 7) is 7.14. The molecule has 6 rings (SSSR count). The molecular weight excluding hydrogens is 575 g/mol. The van der Waals surface area contributed by atoms with E-state index in [2.05, 4.69) is 49.2 Å². The van der Waals surface area contributed by atoms with E-state index in [9.17, 15) is 0 Å². The summed E-state index contributed by atoms with van der Waals surface area (Å²) in [5, 5.41) is 11.8. The van der Waals surface area contributed by atoms with Gasteiger partial charge in [-0.15, -0.1) is 0 Å². The van der Waals surface area contributed by atoms with Gasteiger partial charge in [-0.2, -0.15) is 5.10 Å². The standard InChI is InChI=1S/C30H31FN8O2.C3H4O/c1-19-16-35-39(17-19)29-13-22(6-9-32-29)41-21-4-5-25(24(31)12-21)37-30-23-14-27(36-20-7-10-38(2)11-8-20)28(40-3)15-26(23)33-18-34-30;1-2-3-4/h4-6,9,12-18,20,36H,7-8,10-11H2,1-3H3,(H,33,34,37);2-3H,1H2. The van der Waals surface area contributed by atoms with Crippen LogP contribution < -0.4 is 20.1 Å². The molecule has 1 aliphatic heterocycles. The van der Waals surface area contributed by atoms with Gasteiger partial charge in [-0.05, 0) is 75.8 Å². The van der Waals surface area contributed by atoms with Crippen LogP contribution in [-0.4, -0.2) is 69.2 Å². The zero-order chi connectivity index (χ0) is 31.8. The molecule has 1 fully saturated rings. The molecule has 0 radical (unpaired) electrons. The number of nitrogens with one attached hydrogen (secondary N) is 2. The lowest BCUT2D eigenvalue weighted by Crippen LogP contribution is -2.36. The van der Waals surface area contributed by atoms with Gasteiger partial charge in [0, 0.05) is 42.0 Å². The Morgan fingerprint density at radius 2 is 1.82 bits per heavy atom. The van der Waals surface area contributed by atoms with Gasteiger partial charge in [-0.25, -0.2) is 24.0 Å². The fourth-order valence-corrected chi connectivity index (χ4v) is 4.89. The molecule has 2 aromatic carbocycles. The molecule has 1 saturated heterocycles. The molecule has 0 aliphatic carbocycles. The van der Waals surface area contributed by atoms with E-state index in [1.54, 1.807) is 48.5 Å². The molecule has 12 heteroatoms. The fourth-order valence-electron chi connectivity index (χ4n) is 4.89. The number of aromatic nitrogens is 5. The van der Waals surface area contributed by atoms with Crippen LogP contribution >= 0.6 is 0 Å². The number of pyridine rings is 1. The molecule has 3 aromatic heterocycles. The summed E-state index contributed by atoms with van der Waals surface area (Å²) in [6.07, 6.45) is 10.6. The third-order valence-electron chi connectivity index (χ3n) is 7.22. The zero-order valence-electron chi connectivity index (χ0n) is 25.4. The molecule has 0 unspecified atom stereocenters. The van der Waals surface area contributed by atoms with Gasteiger partial charge in [-0.1, -0.05) is 6.58 Å². The maximum absolute atomic E-state index is 15.3. The van der Waals surface area contributed by atoms with Crippen LogP contribution in [0.3, 0.4) is 0 Å². The highest BCUT2D eigenvalue weighted by Crippen LogP contribution is 2.35. The van der Waals surface area contributed by atoms with Crippen LogP contribution in [0.1, 0.15) is 18.4 Å². The molecule has 2 N–H and O–H groups in total. The van der Waals surface area contributed by atoms with Crippen LogP contribution in [0.5, 0.6) is 17.2 Å². The fraction of sp³-hybridized carbons (Fsp3) is 0.242. The third kappa shape index (κ3) is 7.78. The zero-order valence-corrected chi connectivity index (χ0v) is 25.4. The average molecular weight is 611 g/mol. The van der Waals surface area contributed by atoms with Crippen molar-refractivity contribution in [3.05, 3.63) is 91.4 Å². The van der Waals surface area contributed by atoms with Crippen LogP contribution in [0, 0.1) is 12.7 Å². The minimum Gasteiger partial charge on any atom is -0.495 e. The SMILES string of the molecule is C=CC=O.COc1cc2ncnc(Nc3ccc(Oc4ccnc(-n5cc(C)cn5)c4)cc3F)c2cc1NC1CCN(C)CC1. The third-order valence-corrected chi connectivity index (χ3v) is 7.22. The molecule has 11 nitrogen and oxygen atoms in total. The number of likely N-dealkylation sites (tertiary alicyclic amines) is 1. The first kappa shape index (κ1) is 31.1. The Labute approximate surface area is 260 Å². The lowest BCUT2D eigenvalue weighted by atomic mass is 10.0. The molecule has 0 saturated carbocycles. The predicted octanol–water partition coefficient (Wildman–Crippen LogP) is 6.08. The van der Waals surface area contributed by atoms with Gasteiger partial charge in [0.1, 0.15) is 41.5 Å². The molecule has 45 heavy (non-hydrogen) atoms. The predicted molar refractivity (Wildman–Crippen MR) is 172 cm³/mol. The highest BCUT2D eigenvalue weighted by molar-refractivity contribution is 5.95. The van der Waals surface area contributed by atoms with Gasteiger partial charge < -0.3 is 25.0 Å². The number of benzene rings is 2. The van der Waals surface area contributed by atoms with E-state index >= 15 is 4.39 Å². The Bertz CT molecular complexity index is 1780. The summed E-state index contributed by atoms with van der Waals surface area (Å²) in [5.74, 6) is 2.18. The van der Waals surface area contributed by atoms with Gasteiger partial charge in [0.15, 0.2) is 5.82 Å². The molecule has 0 bridgehead atoms. The second kappa shape index (κ2) is 14.4. The van der Waals surface area contributed by atoms with Crippen molar-refractivity contribution < 1.29 is 18.7 Å². The normalized spacial score (nSPS) is 13.4. The van der Waals surface area contributed by atoms with Crippen LogP contribution in [0.2, 0.25) is 0 Å². The van der Waals surface area contributed by atoms with Crippen molar-refractivity contribution in [3.8, 4) is 23.1 Å². The summed E-state index contributed by atoms with van der Waals surface area (Å²) < 4.78 is 28.5. The summed E-state index contributed by atoms with van der Waals surface area (Å²) in [5.41, 5.74) is 2.83. The van der Waals surface area contributed by atoms with Gasteiger partial charge in [-0.3, -0.25) is 4.79 Å². The number of carbonyl (C=O) groups is 1. The van der Waals surface area contributed by atoms with E-state index in [0.29, 0.717) is 46.7 Å². The first-order chi connectivity index (χ1) is 21.9. The van der Waals surface area contributed by atoms with Crippen LogP contribution in [0.15, 0.2) is 80.0 Å². The maximum atomic E-state index is 15.3. The lowest BCUT2D eigenvalue weighted by molar-refractivity contribution is -0.104. The second-order valence-corrected chi connectivity index (χ2v) is 10.6. The Hall–Kier alpha value is -5.36. The molecule has 1 aliphatic rings. The number of hydrogen-bond acceptors (Lipinski definition) is 10. The van der Waals surface area contributed by atoms with Crippen molar-refractivity contribution in [2.75, 3.05) is 37.9 Å². The molecule has 0 spiro atoms. The van der Waals surface area contributed by atoms with Gasteiger partial charge in [0.2, 0.25) is 0 Å². The van der Waals surface area contributed by atoms with E-state index in [0.717, 1.165) is 42.6 Å². The van der Waals surface area contributed by atoms with Gasteiger partial charge >= 0.3 is 0 Å². The molecule has 0 amide bonds. The van der Waals surface area contributed by atoms with E-state index in [4.69, 9.17) is 14.3 Å². The van der Waals surface area contributed by atoms with Crippen molar-refractivity contribution in [1.82, 2.24) is 29.6 Å². The number of ether oxygens (including phenoxy) is 2. The minimum absolute atomic E-state index is 0.264. The van der Waals surface area contributed by atoms with Crippen LogP contribution in [0.4, 0.5) is 21.6 Å². The minimum atomic E-state index is -0.482. The van der Waals surface area contributed by atoms with E-state index in [1.807, 2.05) is 25.3 Å². The number of nitrogens with zero attached hydrogens (tertiary/aromatic N) is 6. The number of anilines is 3. The monoisotopic (exact) mass is 610 g/mol. The molecule has 4 heterocycles. The quantitative estimate of drug-likeness (QED) is 0.150. The molecular formula is C33H35FN8O3. The molecule has 232 valence electrons. The highest BCUT2D eigenvalue weighted by Gasteiger charge is 2.19. The maximum Gasteiger partial charge on any atom is 0.156 e. The summed E-state index contributed by atoms with van der Waals surface area (Å²) in [6, 6.07) is 12.3. The number of aldehydes is 1. The van der Waals surface area contributed by atoms with E-state index < -0.39 is 5.82 Å². The number of hydrogen-bond donors (Lipinski definition) is 2. The average Bonchev–Trinajstić information content (AvgIpc) is 3.50. The van der Waals surface area contributed by atoms with Crippen molar-refractivity contribution in [2.24, 2.45) is 0 Å². The first-order valence-corrected chi connectivity index (χ1v) is 14.4. The Morgan fingerprint density at radius 1 is 1.04 bits per heavy atom. The summed E-state index contributed by atoms with van der Waals surface area (Å²) in [7, 11) is 3.78. The van der Waals surface area contributed by atoms with Crippen molar-refractivity contribution in [2.45, 2.75) is 25.8 Å². The number of halogens is 1. The topological polar surface area (TPSA) is 119 Å². The summed E-state index contributed by atoms with van der Waals surface area (Å²) in [4.78, 5) is 24.5. The van der Waals surface area contributed by atoms with Crippen molar-refractivity contribution in [1.29, 1.82) is 0 Å². The molecule has 5 aromatic rings. The smallest absolute Gasteiger partial charge is 0.156 e. The second-order valence-electron chi connectivity index (χ2n) is 10.6. The highest BCUT2D eigenvalue weighted by atomic mass is 19.1. The lowest BCUT2D eigenvalue weighted by Gasteiger charge is -2.30. The number of aryl methyl sites for hydroxylation is 1. The number of fused-ring (bicyclic) bond motifs is 1. The number of piperidine rings is 1. The Kier molecular flexibility index (Phi) is 9.95. The van der Waals surface area contributed by atoms with Crippen molar-refractivity contribution in [3.63, 3.8) is 0 Å². The van der Waals surface area contributed by atoms with E-state index in [1.165, 1.54) is 18.5 Å². The molecule has 0 atom stereocenters. The van der Waals surface area contributed by atoms with Crippen molar-refractivity contribution >= 4 is 34.4 Å². The van der Waals surface area contributed by atoms with Gasteiger partial charge in [0.25, 0.3) is 0 Å². The van der Waals surface area contributed by atoms with E-state index in [-0.39, 0.29) is 5.69 Å². The van der Waals surface area contributed by atoms with Crippen LogP contribution in [-0.2, 0) is 4.79 Å². The Balaban J connectivity index is 0.000000945. The number of rotatable bonds is 9. The van der Waals surface area contributed by atoms with Gasteiger partial charge in [0.05, 0.1) is 30.2 Å².